The van der Waals surface area contributed by atoms with Crippen LogP contribution in [0.1, 0.15) is 86.2 Å². The standard InChI is InChI=1S/C28H39NO4S/c1-3-4-19-34(32,33)29(18-10-14-23-12-6-5-7-13-23)21-24-16-17-26(28(30)31)27(20-24)25-15-9-8-11-22(25)2/h8-9,11,15-17,20,23H,3-7,10,12-14,18-19,21H2,1-2H3,(H,30,31). The van der Waals surface area contributed by atoms with Gasteiger partial charge in [-0.05, 0) is 66.5 Å². The fourth-order valence-corrected chi connectivity index (χ4v) is 6.65. The van der Waals surface area contributed by atoms with Crippen molar-refractivity contribution in [3.8, 4) is 11.1 Å². The number of rotatable bonds is 12. The number of unbranched alkanes of at least 4 members (excludes halogenated alkanes) is 1. The summed E-state index contributed by atoms with van der Waals surface area (Å²) in [5.41, 5.74) is 3.54. The molecular formula is C28H39NO4S. The van der Waals surface area contributed by atoms with Gasteiger partial charge < -0.3 is 5.11 Å². The van der Waals surface area contributed by atoms with E-state index in [2.05, 4.69) is 0 Å². The minimum Gasteiger partial charge on any atom is -0.478 e. The molecule has 1 saturated carbocycles. The second kappa shape index (κ2) is 12.5. The minimum absolute atomic E-state index is 0.158. The summed E-state index contributed by atoms with van der Waals surface area (Å²) < 4.78 is 28.0. The molecule has 0 unspecified atom stereocenters. The first-order valence-corrected chi connectivity index (χ1v) is 14.3. The predicted molar refractivity (Wildman–Crippen MR) is 138 cm³/mol. The Hall–Kier alpha value is -2.18. The monoisotopic (exact) mass is 485 g/mol. The zero-order chi connectivity index (χ0) is 24.6. The van der Waals surface area contributed by atoms with Crippen molar-refractivity contribution in [1.29, 1.82) is 0 Å². The average Bonchev–Trinajstić information content (AvgIpc) is 2.83. The molecule has 0 aliphatic heterocycles. The smallest absolute Gasteiger partial charge is 0.336 e. The van der Waals surface area contributed by atoms with E-state index < -0.39 is 16.0 Å². The van der Waals surface area contributed by atoms with Gasteiger partial charge in [-0.15, -0.1) is 0 Å². The van der Waals surface area contributed by atoms with Gasteiger partial charge in [0.1, 0.15) is 0 Å². The highest BCUT2D eigenvalue weighted by Gasteiger charge is 2.23. The van der Waals surface area contributed by atoms with Crippen LogP contribution in [-0.2, 0) is 16.6 Å². The number of aryl methyl sites for hydroxylation is 1. The largest absolute Gasteiger partial charge is 0.478 e. The molecule has 1 N–H and O–H groups in total. The van der Waals surface area contributed by atoms with E-state index in [4.69, 9.17) is 0 Å². The van der Waals surface area contributed by atoms with Crippen LogP contribution in [0.2, 0.25) is 0 Å². The first kappa shape index (κ1) is 26.4. The third-order valence-corrected chi connectivity index (χ3v) is 8.91. The fraction of sp³-hybridized carbons (Fsp3) is 0.536. The van der Waals surface area contributed by atoms with Crippen molar-refractivity contribution in [3.63, 3.8) is 0 Å². The number of hydrogen-bond donors (Lipinski definition) is 1. The molecule has 0 radical (unpaired) electrons. The summed E-state index contributed by atoms with van der Waals surface area (Å²) in [5, 5.41) is 9.75. The highest BCUT2D eigenvalue weighted by Crippen LogP contribution is 2.30. The highest BCUT2D eigenvalue weighted by molar-refractivity contribution is 7.89. The second-order valence-corrected chi connectivity index (χ2v) is 11.7. The van der Waals surface area contributed by atoms with Crippen molar-refractivity contribution < 1.29 is 18.3 Å². The molecule has 0 saturated heterocycles. The topological polar surface area (TPSA) is 74.7 Å². The van der Waals surface area contributed by atoms with Crippen LogP contribution in [0, 0.1) is 12.8 Å². The van der Waals surface area contributed by atoms with Crippen LogP contribution in [0.4, 0.5) is 0 Å². The van der Waals surface area contributed by atoms with Crippen molar-refractivity contribution in [2.24, 2.45) is 5.92 Å². The van der Waals surface area contributed by atoms with E-state index in [0.717, 1.165) is 41.9 Å². The predicted octanol–water partition coefficient (Wildman–Crippen LogP) is 6.65. The number of carbonyl (C=O) groups is 1. The van der Waals surface area contributed by atoms with Crippen LogP contribution >= 0.6 is 0 Å². The Morgan fingerprint density at radius 3 is 2.44 bits per heavy atom. The van der Waals surface area contributed by atoms with E-state index in [9.17, 15) is 18.3 Å². The van der Waals surface area contributed by atoms with Gasteiger partial charge in [-0.1, -0.05) is 75.8 Å². The van der Waals surface area contributed by atoms with Crippen LogP contribution < -0.4 is 0 Å². The molecule has 0 amide bonds. The Balaban J connectivity index is 1.84. The molecule has 5 nitrogen and oxygen atoms in total. The minimum atomic E-state index is -3.38. The van der Waals surface area contributed by atoms with E-state index in [0.29, 0.717) is 18.5 Å². The molecule has 1 aliphatic rings. The molecule has 34 heavy (non-hydrogen) atoms. The number of aromatic carboxylic acids is 1. The summed E-state index contributed by atoms with van der Waals surface area (Å²) in [7, 11) is -3.38. The SMILES string of the molecule is CCCCS(=O)(=O)N(CCCC1CCCCC1)Cc1ccc(C(=O)O)c(-c2ccccc2C)c1. The lowest BCUT2D eigenvalue weighted by Gasteiger charge is -2.25. The van der Waals surface area contributed by atoms with Crippen LogP contribution in [0.3, 0.4) is 0 Å². The maximum Gasteiger partial charge on any atom is 0.336 e. The highest BCUT2D eigenvalue weighted by atomic mass is 32.2. The summed E-state index contributed by atoms with van der Waals surface area (Å²) in [6.45, 7) is 4.75. The van der Waals surface area contributed by atoms with Gasteiger partial charge >= 0.3 is 5.97 Å². The molecule has 1 aliphatic carbocycles. The normalized spacial score (nSPS) is 15.0. The third-order valence-electron chi connectivity index (χ3n) is 7.00. The van der Waals surface area contributed by atoms with E-state index in [1.807, 2.05) is 44.2 Å². The number of nitrogens with zero attached hydrogens (tertiary/aromatic N) is 1. The maximum absolute atomic E-state index is 13.2. The lowest BCUT2D eigenvalue weighted by atomic mass is 9.86. The van der Waals surface area contributed by atoms with Gasteiger partial charge in [0.05, 0.1) is 11.3 Å². The second-order valence-electron chi connectivity index (χ2n) is 9.65. The molecule has 186 valence electrons. The Labute approximate surface area is 205 Å². The lowest BCUT2D eigenvalue weighted by Crippen LogP contribution is -2.34. The van der Waals surface area contributed by atoms with Crippen molar-refractivity contribution in [2.75, 3.05) is 12.3 Å². The van der Waals surface area contributed by atoms with Crippen molar-refractivity contribution in [2.45, 2.75) is 78.2 Å². The molecule has 0 aromatic heterocycles. The van der Waals surface area contributed by atoms with Gasteiger partial charge in [0, 0.05) is 13.1 Å². The van der Waals surface area contributed by atoms with Gasteiger partial charge in [-0.2, -0.15) is 4.31 Å². The van der Waals surface area contributed by atoms with E-state index in [-0.39, 0.29) is 17.9 Å². The summed E-state index contributed by atoms with van der Waals surface area (Å²) in [4.78, 5) is 11.9. The number of hydrogen-bond acceptors (Lipinski definition) is 3. The van der Waals surface area contributed by atoms with Crippen LogP contribution in [-0.4, -0.2) is 36.1 Å². The van der Waals surface area contributed by atoms with Gasteiger partial charge in [-0.25, -0.2) is 13.2 Å². The summed E-state index contributed by atoms with van der Waals surface area (Å²) >= 11 is 0. The van der Waals surface area contributed by atoms with E-state index in [1.165, 1.54) is 32.1 Å². The van der Waals surface area contributed by atoms with Crippen molar-refractivity contribution in [1.82, 2.24) is 4.31 Å². The van der Waals surface area contributed by atoms with Crippen LogP contribution in [0.25, 0.3) is 11.1 Å². The molecular weight excluding hydrogens is 446 g/mol. The molecule has 6 heteroatoms. The summed E-state index contributed by atoms with van der Waals surface area (Å²) in [5.74, 6) is -0.105. The number of benzene rings is 2. The molecule has 3 rings (SSSR count). The quantitative estimate of drug-likeness (QED) is 0.365. The van der Waals surface area contributed by atoms with Gasteiger partial charge in [-0.3, -0.25) is 0 Å². The molecule has 2 aromatic rings. The average molecular weight is 486 g/mol. The summed E-state index contributed by atoms with van der Waals surface area (Å²) in [6.07, 6.45) is 9.86. The van der Waals surface area contributed by atoms with Crippen molar-refractivity contribution in [3.05, 3.63) is 59.2 Å². The Kier molecular flexibility index (Phi) is 9.72. The molecule has 2 aromatic carbocycles. The van der Waals surface area contributed by atoms with Gasteiger partial charge in [0.15, 0.2) is 0 Å². The molecule has 0 spiro atoms. The molecule has 0 atom stereocenters. The van der Waals surface area contributed by atoms with Crippen molar-refractivity contribution >= 4 is 16.0 Å². The van der Waals surface area contributed by atoms with Gasteiger partial charge in [0.25, 0.3) is 0 Å². The van der Waals surface area contributed by atoms with E-state index >= 15 is 0 Å². The Morgan fingerprint density at radius 1 is 1.03 bits per heavy atom. The lowest BCUT2D eigenvalue weighted by molar-refractivity contribution is 0.0697. The first-order valence-electron chi connectivity index (χ1n) is 12.7. The first-order chi connectivity index (χ1) is 16.3. The molecule has 0 bridgehead atoms. The fourth-order valence-electron chi connectivity index (χ4n) is 4.98. The van der Waals surface area contributed by atoms with E-state index in [1.54, 1.807) is 16.4 Å². The summed E-state index contributed by atoms with van der Waals surface area (Å²) in [6, 6.07) is 12.9. The number of carboxylic acids is 1. The number of carboxylic acid groups (broad SMARTS) is 1. The van der Waals surface area contributed by atoms with Gasteiger partial charge in [0.2, 0.25) is 10.0 Å². The zero-order valence-corrected chi connectivity index (χ0v) is 21.4. The third kappa shape index (κ3) is 7.16. The van der Waals surface area contributed by atoms with Crippen LogP contribution in [0.5, 0.6) is 0 Å². The Bertz CT molecular complexity index is 1060. The zero-order valence-electron chi connectivity index (χ0n) is 20.6. The van der Waals surface area contributed by atoms with Crippen LogP contribution in [0.15, 0.2) is 42.5 Å². The number of sulfonamides is 1. The molecule has 1 fully saturated rings. The Morgan fingerprint density at radius 2 is 1.76 bits per heavy atom. The maximum atomic E-state index is 13.2. The molecule has 0 heterocycles.